The standard InChI is InChI=1S/C18H16N2O2/c1-12-18-15(20(19-12)14-6-3-2-4-7-14)10-13(11-16(18)21)17-8-5-9-22-17/h2-9,13H,10-11H2,1H3. The molecule has 110 valence electrons. The van der Waals surface area contributed by atoms with Gasteiger partial charge in [-0.1, -0.05) is 18.2 Å². The predicted molar refractivity (Wildman–Crippen MR) is 82.4 cm³/mol. The van der Waals surface area contributed by atoms with Gasteiger partial charge in [-0.15, -0.1) is 0 Å². The summed E-state index contributed by atoms with van der Waals surface area (Å²) in [5.41, 5.74) is 3.56. The summed E-state index contributed by atoms with van der Waals surface area (Å²) in [7, 11) is 0. The van der Waals surface area contributed by atoms with Crippen LogP contribution in [0.4, 0.5) is 0 Å². The van der Waals surface area contributed by atoms with E-state index in [1.807, 2.05) is 54.1 Å². The second-order valence-corrected chi connectivity index (χ2v) is 5.70. The lowest BCUT2D eigenvalue weighted by molar-refractivity contribution is 0.0959. The Morgan fingerprint density at radius 1 is 1.14 bits per heavy atom. The van der Waals surface area contributed by atoms with Crippen molar-refractivity contribution >= 4 is 5.78 Å². The summed E-state index contributed by atoms with van der Waals surface area (Å²) in [5, 5.41) is 4.59. The van der Waals surface area contributed by atoms with Crippen LogP contribution in [0.5, 0.6) is 0 Å². The summed E-state index contributed by atoms with van der Waals surface area (Å²) in [4.78, 5) is 12.6. The third-order valence-electron chi connectivity index (χ3n) is 4.25. The van der Waals surface area contributed by atoms with Crippen LogP contribution in [0.25, 0.3) is 5.69 Å². The first-order valence-corrected chi connectivity index (χ1v) is 7.44. The second-order valence-electron chi connectivity index (χ2n) is 5.70. The summed E-state index contributed by atoms with van der Waals surface area (Å²) >= 11 is 0. The lowest BCUT2D eigenvalue weighted by atomic mass is 9.84. The molecule has 0 fully saturated rings. The Kier molecular flexibility index (Phi) is 2.96. The molecule has 4 nitrogen and oxygen atoms in total. The van der Waals surface area contributed by atoms with E-state index in [9.17, 15) is 4.79 Å². The molecule has 1 aliphatic carbocycles. The van der Waals surface area contributed by atoms with E-state index in [0.717, 1.165) is 34.8 Å². The van der Waals surface area contributed by atoms with Crippen LogP contribution in [0.2, 0.25) is 0 Å². The van der Waals surface area contributed by atoms with Crippen LogP contribution in [0, 0.1) is 6.92 Å². The molecule has 2 aromatic heterocycles. The Hall–Kier alpha value is -2.62. The normalized spacial score (nSPS) is 17.5. The summed E-state index contributed by atoms with van der Waals surface area (Å²) in [5.74, 6) is 1.12. The summed E-state index contributed by atoms with van der Waals surface area (Å²) < 4.78 is 7.41. The highest BCUT2D eigenvalue weighted by atomic mass is 16.3. The van der Waals surface area contributed by atoms with Crippen LogP contribution in [-0.2, 0) is 6.42 Å². The van der Waals surface area contributed by atoms with Gasteiger partial charge in [0.1, 0.15) is 5.76 Å². The molecule has 1 atom stereocenters. The zero-order valence-electron chi connectivity index (χ0n) is 12.3. The number of rotatable bonds is 2. The molecule has 3 aromatic rings. The maximum Gasteiger partial charge on any atom is 0.167 e. The lowest BCUT2D eigenvalue weighted by Crippen LogP contribution is -2.20. The Bertz CT molecular complexity index is 816. The number of carbonyl (C=O) groups excluding carboxylic acids is 1. The first-order valence-electron chi connectivity index (χ1n) is 7.44. The number of nitrogens with zero attached hydrogens (tertiary/aromatic N) is 2. The number of carbonyl (C=O) groups is 1. The van der Waals surface area contributed by atoms with Crippen molar-refractivity contribution in [1.29, 1.82) is 0 Å². The minimum Gasteiger partial charge on any atom is -0.469 e. The molecule has 2 heterocycles. The van der Waals surface area contributed by atoms with E-state index in [1.54, 1.807) is 6.26 Å². The maximum absolute atomic E-state index is 12.6. The van der Waals surface area contributed by atoms with Gasteiger partial charge in [0, 0.05) is 18.8 Å². The number of para-hydroxylation sites is 1. The van der Waals surface area contributed by atoms with Gasteiger partial charge in [-0.05, 0) is 31.2 Å². The van der Waals surface area contributed by atoms with Crippen LogP contribution >= 0.6 is 0 Å². The molecule has 0 spiro atoms. The first-order chi connectivity index (χ1) is 10.7. The Balaban J connectivity index is 1.83. The third kappa shape index (κ3) is 1.99. The fraction of sp³-hybridized carbons (Fsp3) is 0.222. The highest BCUT2D eigenvalue weighted by Gasteiger charge is 2.33. The van der Waals surface area contributed by atoms with E-state index in [4.69, 9.17) is 4.42 Å². The number of furan rings is 1. The van der Waals surface area contributed by atoms with Gasteiger partial charge in [0.05, 0.1) is 28.9 Å². The zero-order chi connectivity index (χ0) is 15.1. The molecular weight excluding hydrogens is 276 g/mol. The van der Waals surface area contributed by atoms with Gasteiger partial charge >= 0.3 is 0 Å². The minimum atomic E-state index is 0.0913. The summed E-state index contributed by atoms with van der Waals surface area (Å²) in [6.07, 6.45) is 2.92. The number of ketones is 1. The number of hydrogen-bond acceptors (Lipinski definition) is 3. The molecule has 0 amide bonds. The van der Waals surface area contributed by atoms with Crippen molar-refractivity contribution in [3.63, 3.8) is 0 Å². The van der Waals surface area contributed by atoms with E-state index < -0.39 is 0 Å². The van der Waals surface area contributed by atoms with Crippen LogP contribution in [0.3, 0.4) is 0 Å². The fourth-order valence-corrected chi connectivity index (χ4v) is 3.27. The van der Waals surface area contributed by atoms with Crippen molar-refractivity contribution in [3.05, 3.63) is 71.4 Å². The number of benzene rings is 1. The molecule has 1 aliphatic rings. The van der Waals surface area contributed by atoms with Gasteiger partial charge in [0.25, 0.3) is 0 Å². The van der Waals surface area contributed by atoms with Gasteiger partial charge < -0.3 is 4.42 Å². The zero-order valence-corrected chi connectivity index (χ0v) is 12.3. The highest BCUT2D eigenvalue weighted by Crippen LogP contribution is 2.35. The van der Waals surface area contributed by atoms with E-state index in [0.29, 0.717) is 6.42 Å². The molecule has 0 aliphatic heterocycles. The van der Waals surface area contributed by atoms with E-state index in [2.05, 4.69) is 5.10 Å². The van der Waals surface area contributed by atoms with E-state index in [-0.39, 0.29) is 11.7 Å². The van der Waals surface area contributed by atoms with Crippen molar-refractivity contribution in [3.8, 4) is 5.69 Å². The monoisotopic (exact) mass is 292 g/mol. The largest absolute Gasteiger partial charge is 0.469 e. The van der Waals surface area contributed by atoms with Crippen LogP contribution in [0.15, 0.2) is 53.1 Å². The van der Waals surface area contributed by atoms with Crippen molar-refractivity contribution in [2.75, 3.05) is 0 Å². The SMILES string of the molecule is Cc1nn(-c2ccccc2)c2c1C(=O)CC(c1ccco1)C2. The van der Waals surface area contributed by atoms with Gasteiger partial charge in [-0.3, -0.25) is 4.79 Å². The molecule has 4 heteroatoms. The molecule has 4 rings (SSSR count). The fourth-order valence-electron chi connectivity index (χ4n) is 3.27. The Morgan fingerprint density at radius 3 is 2.68 bits per heavy atom. The number of Topliss-reactive ketones (excluding diaryl/α,β-unsaturated/α-hetero) is 1. The van der Waals surface area contributed by atoms with Gasteiger partial charge in [-0.25, -0.2) is 4.68 Å². The van der Waals surface area contributed by atoms with Crippen LogP contribution in [0.1, 0.15) is 39.8 Å². The van der Waals surface area contributed by atoms with E-state index in [1.165, 1.54) is 0 Å². The van der Waals surface area contributed by atoms with Crippen LogP contribution in [-0.4, -0.2) is 15.6 Å². The number of aryl methyl sites for hydroxylation is 1. The minimum absolute atomic E-state index is 0.0913. The number of fused-ring (bicyclic) bond motifs is 1. The van der Waals surface area contributed by atoms with Gasteiger partial charge in [0.2, 0.25) is 0 Å². The van der Waals surface area contributed by atoms with Crippen molar-refractivity contribution in [2.45, 2.75) is 25.7 Å². The highest BCUT2D eigenvalue weighted by molar-refractivity contribution is 6.00. The molecule has 0 radical (unpaired) electrons. The molecule has 0 bridgehead atoms. The van der Waals surface area contributed by atoms with Crippen molar-refractivity contribution < 1.29 is 9.21 Å². The second kappa shape index (κ2) is 4.98. The molecule has 0 saturated heterocycles. The average Bonchev–Trinajstić information content (AvgIpc) is 3.16. The quantitative estimate of drug-likeness (QED) is 0.723. The summed E-state index contributed by atoms with van der Waals surface area (Å²) in [6, 6.07) is 13.8. The topological polar surface area (TPSA) is 48.0 Å². The molecular formula is C18H16N2O2. The Morgan fingerprint density at radius 2 is 1.95 bits per heavy atom. The maximum atomic E-state index is 12.6. The smallest absolute Gasteiger partial charge is 0.167 e. The van der Waals surface area contributed by atoms with Crippen molar-refractivity contribution in [1.82, 2.24) is 9.78 Å². The molecule has 1 aromatic carbocycles. The van der Waals surface area contributed by atoms with Crippen molar-refractivity contribution in [2.24, 2.45) is 0 Å². The summed E-state index contributed by atoms with van der Waals surface area (Å²) in [6.45, 7) is 1.91. The molecule has 0 N–H and O–H groups in total. The molecule has 22 heavy (non-hydrogen) atoms. The number of aromatic nitrogens is 2. The van der Waals surface area contributed by atoms with Crippen LogP contribution < -0.4 is 0 Å². The lowest BCUT2D eigenvalue weighted by Gasteiger charge is -2.21. The molecule has 0 saturated carbocycles. The predicted octanol–water partition coefficient (Wildman–Crippen LogP) is 3.69. The van der Waals surface area contributed by atoms with Gasteiger partial charge in [0.15, 0.2) is 5.78 Å². The molecule has 1 unspecified atom stereocenters. The van der Waals surface area contributed by atoms with E-state index >= 15 is 0 Å². The average molecular weight is 292 g/mol. The third-order valence-corrected chi connectivity index (χ3v) is 4.25. The number of hydrogen-bond donors (Lipinski definition) is 0. The Labute approximate surface area is 128 Å². The van der Waals surface area contributed by atoms with Gasteiger partial charge in [-0.2, -0.15) is 5.10 Å². The first kappa shape index (κ1) is 13.1.